The van der Waals surface area contributed by atoms with Crippen LogP contribution in [0.25, 0.3) is 0 Å². The third kappa shape index (κ3) is 6.12. The Morgan fingerprint density at radius 2 is 1.89 bits per heavy atom. The third-order valence-electron chi connectivity index (χ3n) is 5.60. The van der Waals surface area contributed by atoms with Crippen molar-refractivity contribution in [1.29, 1.82) is 0 Å². The molecule has 7 heteroatoms. The Morgan fingerprint density at radius 3 is 2.46 bits per heavy atom. The summed E-state index contributed by atoms with van der Waals surface area (Å²) < 4.78 is 5.34. The van der Waals surface area contributed by atoms with Crippen molar-refractivity contribution in [3.05, 3.63) is 29.8 Å². The lowest BCUT2D eigenvalue weighted by molar-refractivity contribution is -0.142. The van der Waals surface area contributed by atoms with E-state index in [0.29, 0.717) is 32.2 Å². The Bertz CT molecular complexity index is 640. The molecule has 0 heterocycles. The summed E-state index contributed by atoms with van der Waals surface area (Å²) in [6, 6.07) is 7.84. The highest BCUT2D eigenvalue weighted by Gasteiger charge is 2.27. The van der Waals surface area contributed by atoms with Crippen molar-refractivity contribution in [3.8, 4) is 5.75 Å². The van der Waals surface area contributed by atoms with E-state index in [-0.39, 0.29) is 24.0 Å². The van der Waals surface area contributed by atoms with Gasteiger partial charge in [-0.2, -0.15) is 0 Å². The number of carbonyl (C=O) groups excluding carboxylic acids is 1. The van der Waals surface area contributed by atoms with Crippen molar-refractivity contribution >= 4 is 12.0 Å². The number of carbonyl (C=O) groups is 2. The van der Waals surface area contributed by atoms with E-state index < -0.39 is 5.97 Å². The molecule has 0 aliphatic heterocycles. The number of carboxylic acids is 1. The molecule has 7 nitrogen and oxygen atoms in total. The van der Waals surface area contributed by atoms with Gasteiger partial charge in [0.05, 0.1) is 19.1 Å². The quantitative estimate of drug-likeness (QED) is 0.602. The summed E-state index contributed by atoms with van der Waals surface area (Å²) in [6.07, 6.45) is 2.65. The molecule has 1 atom stereocenters. The van der Waals surface area contributed by atoms with Gasteiger partial charge in [0.25, 0.3) is 0 Å². The molecule has 0 aromatic heterocycles. The highest BCUT2D eigenvalue weighted by Crippen LogP contribution is 2.25. The predicted octanol–water partition coefficient (Wildman–Crippen LogP) is 3.02. The molecule has 1 unspecified atom stereocenters. The van der Waals surface area contributed by atoms with Crippen molar-refractivity contribution in [2.75, 3.05) is 26.7 Å². The molecule has 3 N–H and O–H groups in total. The van der Waals surface area contributed by atoms with Crippen LogP contribution in [0.1, 0.15) is 51.1 Å². The molecule has 0 spiro atoms. The summed E-state index contributed by atoms with van der Waals surface area (Å²) >= 11 is 0. The Balaban J connectivity index is 1.93. The molecule has 1 saturated carbocycles. The van der Waals surface area contributed by atoms with E-state index in [0.717, 1.165) is 24.4 Å². The molecule has 1 fully saturated rings. The topological polar surface area (TPSA) is 90.9 Å². The standard InChI is InChI=1S/C21H33N3O4/c1-4-24(5-2)19(16-7-6-8-18(13-16)28-3)14-22-21(27)23-17-11-9-15(10-12-17)20(25)26/h6-8,13,15,17,19H,4-5,9-12,14H2,1-3H3,(H,25,26)(H2,22,23,27). The zero-order valence-electron chi connectivity index (χ0n) is 17.1. The number of aliphatic carboxylic acids is 1. The van der Waals surface area contributed by atoms with Gasteiger partial charge in [-0.1, -0.05) is 26.0 Å². The Hall–Kier alpha value is -2.28. The van der Waals surface area contributed by atoms with Gasteiger partial charge in [-0.3, -0.25) is 9.69 Å². The van der Waals surface area contributed by atoms with Crippen molar-refractivity contribution in [2.24, 2.45) is 5.92 Å². The van der Waals surface area contributed by atoms with E-state index in [1.54, 1.807) is 7.11 Å². The van der Waals surface area contributed by atoms with E-state index in [9.17, 15) is 9.59 Å². The number of ether oxygens (including phenoxy) is 1. The highest BCUT2D eigenvalue weighted by molar-refractivity contribution is 5.74. The number of nitrogens with one attached hydrogen (secondary N) is 2. The first-order valence-electron chi connectivity index (χ1n) is 10.1. The summed E-state index contributed by atoms with van der Waals surface area (Å²) in [5, 5.41) is 15.1. The number of hydrogen-bond donors (Lipinski definition) is 3. The lowest BCUT2D eigenvalue weighted by atomic mass is 9.86. The normalized spacial score (nSPS) is 20.4. The zero-order chi connectivity index (χ0) is 20.5. The summed E-state index contributed by atoms with van der Waals surface area (Å²) in [7, 11) is 1.65. The smallest absolute Gasteiger partial charge is 0.315 e. The van der Waals surface area contributed by atoms with Gasteiger partial charge in [0.1, 0.15) is 5.75 Å². The van der Waals surface area contributed by atoms with Crippen LogP contribution < -0.4 is 15.4 Å². The highest BCUT2D eigenvalue weighted by atomic mass is 16.5. The van der Waals surface area contributed by atoms with Crippen LogP contribution in [0.15, 0.2) is 24.3 Å². The van der Waals surface area contributed by atoms with Crippen LogP contribution in [-0.2, 0) is 4.79 Å². The van der Waals surface area contributed by atoms with Crippen LogP contribution in [-0.4, -0.2) is 54.8 Å². The number of benzene rings is 1. The van der Waals surface area contributed by atoms with Gasteiger partial charge in [0.15, 0.2) is 0 Å². The second-order valence-electron chi connectivity index (χ2n) is 7.25. The van der Waals surface area contributed by atoms with Crippen LogP contribution in [0.2, 0.25) is 0 Å². The molecule has 2 amide bonds. The summed E-state index contributed by atoms with van der Waals surface area (Å²) in [6.45, 7) is 6.46. The predicted molar refractivity (Wildman–Crippen MR) is 109 cm³/mol. The van der Waals surface area contributed by atoms with Gasteiger partial charge in [0, 0.05) is 12.6 Å². The van der Waals surface area contributed by atoms with E-state index in [1.807, 2.05) is 18.2 Å². The van der Waals surface area contributed by atoms with Crippen molar-refractivity contribution < 1.29 is 19.4 Å². The molecule has 0 saturated heterocycles. The fourth-order valence-electron chi connectivity index (χ4n) is 3.88. The molecule has 2 rings (SSSR count). The van der Waals surface area contributed by atoms with Crippen LogP contribution in [0.3, 0.4) is 0 Å². The summed E-state index contributed by atoms with van der Waals surface area (Å²) in [5.41, 5.74) is 1.10. The largest absolute Gasteiger partial charge is 0.497 e. The molecular formula is C21H33N3O4. The zero-order valence-corrected chi connectivity index (χ0v) is 17.1. The van der Waals surface area contributed by atoms with Crippen molar-refractivity contribution in [2.45, 2.75) is 51.6 Å². The van der Waals surface area contributed by atoms with Crippen molar-refractivity contribution in [3.63, 3.8) is 0 Å². The first-order valence-corrected chi connectivity index (χ1v) is 10.1. The van der Waals surface area contributed by atoms with Gasteiger partial charge >= 0.3 is 12.0 Å². The van der Waals surface area contributed by atoms with E-state index in [1.165, 1.54) is 0 Å². The average molecular weight is 392 g/mol. The first kappa shape index (κ1) is 22.0. The number of hydrogen-bond acceptors (Lipinski definition) is 4. The number of amides is 2. The van der Waals surface area contributed by atoms with Crippen LogP contribution in [0, 0.1) is 5.92 Å². The summed E-state index contributed by atoms with van der Waals surface area (Å²) in [5.74, 6) is -0.209. The lowest BCUT2D eigenvalue weighted by Gasteiger charge is -2.31. The molecule has 1 aliphatic carbocycles. The number of carboxylic acid groups (broad SMARTS) is 1. The van der Waals surface area contributed by atoms with Crippen LogP contribution in [0.5, 0.6) is 5.75 Å². The van der Waals surface area contributed by atoms with E-state index in [2.05, 4.69) is 35.4 Å². The second-order valence-corrected chi connectivity index (χ2v) is 7.25. The number of likely N-dealkylation sites (N-methyl/N-ethyl adjacent to an activating group) is 1. The number of nitrogens with zero attached hydrogens (tertiary/aromatic N) is 1. The fourth-order valence-corrected chi connectivity index (χ4v) is 3.88. The molecule has 1 aromatic rings. The monoisotopic (exact) mass is 391 g/mol. The Kier molecular flexibility index (Phi) is 8.57. The molecule has 0 radical (unpaired) electrons. The molecule has 28 heavy (non-hydrogen) atoms. The molecule has 1 aromatic carbocycles. The first-order chi connectivity index (χ1) is 13.5. The second kappa shape index (κ2) is 10.9. The van der Waals surface area contributed by atoms with Gasteiger partial charge in [-0.05, 0) is 56.5 Å². The van der Waals surface area contributed by atoms with Crippen molar-refractivity contribution in [1.82, 2.24) is 15.5 Å². The summed E-state index contributed by atoms with van der Waals surface area (Å²) in [4.78, 5) is 25.8. The average Bonchev–Trinajstić information content (AvgIpc) is 2.71. The molecular weight excluding hydrogens is 358 g/mol. The lowest BCUT2D eigenvalue weighted by Crippen LogP contribution is -2.46. The maximum absolute atomic E-state index is 12.4. The number of methoxy groups -OCH3 is 1. The Morgan fingerprint density at radius 1 is 1.21 bits per heavy atom. The van der Waals surface area contributed by atoms with Crippen LogP contribution in [0.4, 0.5) is 4.79 Å². The number of urea groups is 1. The number of rotatable bonds is 9. The van der Waals surface area contributed by atoms with Gasteiger partial charge < -0.3 is 20.5 Å². The van der Waals surface area contributed by atoms with Gasteiger partial charge in [-0.15, -0.1) is 0 Å². The minimum Gasteiger partial charge on any atom is -0.497 e. The molecule has 0 bridgehead atoms. The fraction of sp³-hybridized carbons (Fsp3) is 0.619. The Labute approximate surface area is 167 Å². The molecule has 156 valence electrons. The SMILES string of the molecule is CCN(CC)C(CNC(=O)NC1CCC(C(=O)O)CC1)c1cccc(OC)c1. The minimum absolute atomic E-state index is 0.0410. The van der Waals surface area contributed by atoms with Gasteiger partial charge in [0.2, 0.25) is 0 Å². The minimum atomic E-state index is -0.733. The van der Waals surface area contributed by atoms with Crippen LogP contribution >= 0.6 is 0 Å². The maximum atomic E-state index is 12.4. The van der Waals surface area contributed by atoms with E-state index in [4.69, 9.17) is 9.84 Å². The maximum Gasteiger partial charge on any atom is 0.315 e. The molecule has 1 aliphatic rings. The van der Waals surface area contributed by atoms with Gasteiger partial charge in [-0.25, -0.2) is 4.79 Å². The third-order valence-corrected chi connectivity index (χ3v) is 5.60. The van der Waals surface area contributed by atoms with E-state index >= 15 is 0 Å².